The Bertz CT molecular complexity index is 712. The molecule has 1 aromatic heterocycles. The molecule has 2 aliphatic heterocycles. The zero-order valence-electron chi connectivity index (χ0n) is 12.6. The van der Waals surface area contributed by atoms with Crippen LogP contribution in [0.5, 0.6) is 0 Å². The molecule has 1 N–H and O–H groups in total. The van der Waals surface area contributed by atoms with Gasteiger partial charge in [0.15, 0.2) is 0 Å². The van der Waals surface area contributed by atoms with Crippen molar-refractivity contribution in [2.75, 3.05) is 13.1 Å². The van der Waals surface area contributed by atoms with Crippen LogP contribution in [0.25, 0.3) is 0 Å². The van der Waals surface area contributed by atoms with Gasteiger partial charge < -0.3 is 9.84 Å². The third-order valence-corrected chi connectivity index (χ3v) is 4.62. The van der Waals surface area contributed by atoms with Gasteiger partial charge in [0.1, 0.15) is 0 Å². The van der Waals surface area contributed by atoms with Crippen molar-refractivity contribution >= 4 is 5.97 Å². The third-order valence-electron chi connectivity index (χ3n) is 4.62. The Morgan fingerprint density at radius 2 is 2.17 bits per heavy atom. The SMILES string of the molecule is O=C(O)c1ccc(CN2CC[C@H]3OCc4cnnn4[C@@H]3C2)cc1. The van der Waals surface area contributed by atoms with E-state index in [-0.39, 0.29) is 12.1 Å². The van der Waals surface area contributed by atoms with Gasteiger partial charge in [-0.15, -0.1) is 5.10 Å². The topological polar surface area (TPSA) is 80.5 Å². The second kappa shape index (κ2) is 5.75. The number of likely N-dealkylation sites (tertiary alicyclic amines) is 1. The molecular weight excluding hydrogens is 296 g/mol. The van der Waals surface area contributed by atoms with Crippen LogP contribution in [0.15, 0.2) is 30.5 Å². The summed E-state index contributed by atoms with van der Waals surface area (Å²) in [6.45, 7) is 3.21. The Morgan fingerprint density at radius 1 is 1.35 bits per heavy atom. The number of ether oxygens (including phenoxy) is 1. The van der Waals surface area contributed by atoms with Gasteiger partial charge in [-0.05, 0) is 24.1 Å². The summed E-state index contributed by atoms with van der Waals surface area (Å²) in [5, 5.41) is 17.2. The Morgan fingerprint density at radius 3 is 2.96 bits per heavy atom. The van der Waals surface area contributed by atoms with Crippen LogP contribution >= 0.6 is 0 Å². The number of carbonyl (C=O) groups is 1. The van der Waals surface area contributed by atoms with Gasteiger partial charge in [-0.1, -0.05) is 17.3 Å². The maximum Gasteiger partial charge on any atom is 0.335 e. The van der Waals surface area contributed by atoms with Crippen molar-refractivity contribution in [3.05, 3.63) is 47.3 Å². The van der Waals surface area contributed by atoms with Crippen LogP contribution in [0.1, 0.15) is 34.1 Å². The van der Waals surface area contributed by atoms with Crippen molar-refractivity contribution in [3.63, 3.8) is 0 Å². The summed E-state index contributed by atoms with van der Waals surface area (Å²) in [5.74, 6) is -0.893. The molecular formula is C16H18N4O3. The highest BCUT2D eigenvalue weighted by Crippen LogP contribution is 2.30. The van der Waals surface area contributed by atoms with Crippen molar-refractivity contribution in [2.24, 2.45) is 0 Å². The minimum Gasteiger partial charge on any atom is -0.478 e. The van der Waals surface area contributed by atoms with Gasteiger partial charge in [0, 0.05) is 19.6 Å². The summed E-state index contributed by atoms with van der Waals surface area (Å²) in [4.78, 5) is 13.3. The number of fused-ring (bicyclic) bond motifs is 3. The third kappa shape index (κ3) is 2.73. The first-order valence-corrected chi connectivity index (χ1v) is 7.76. The van der Waals surface area contributed by atoms with E-state index in [0.717, 1.165) is 37.3 Å². The minimum absolute atomic E-state index is 0.202. The van der Waals surface area contributed by atoms with Gasteiger partial charge in [-0.2, -0.15) is 0 Å². The number of hydrogen-bond acceptors (Lipinski definition) is 5. The van der Waals surface area contributed by atoms with Crippen molar-refractivity contribution in [3.8, 4) is 0 Å². The number of aromatic nitrogens is 3. The van der Waals surface area contributed by atoms with E-state index >= 15 is 0 Å². The molecule has 0 radical (unpaired) electrons. The lowest BCUT2D eigenvalue weighted by Gasteiger charge is -2.41. The molecule has 0 amide bonds. The molecule has 2 atom stereocenters. The lowest BCUT2D eigenvalue weighted by Crippen LogP contribution is -2.47. The number of rotatable bonds is 3. The van der Waals surface area contributed by atoms with E-state index in [0.29, 0.717) is 12.2 Å². The van der Waals surface area contributed by atoms with Gasteiger partial charge in [-0.3, -0.25) is 4.90 Å². The highest BCUT2D eigenvalue weighted by atomic mass is 16.5. The second-order valence-electron chi connectivity index (χ2n) is 6.11. The number of piperidine rings is 1. The molecule has 1 saturated heterocycles. The molecule has 2 aromatic rings. The molecule has 23 heavy (non-hydrogen) atoms. The lowest BCUT2D eigenvalue weighted by molar-refractivity contribution is -0.0669. The standard InChI is InChI=1S/C16H18N4O3/c21-16(22)12-3-1-11(2-4-12)8-19-6-5-15-14(9-19)20-13(10-23-15)7-17-18-20/h1-4,7,14-15H,5-6,8-10H2,(H,21,22)/t14-,15-/m1/s1. The van der Waals surface area contributed by atoms with Crippen LogP contribution in [-0.4, -0.2) is 50.2 Å². The molecule has 7 heteroatoms. The average Bonchev–Trinajstić information content (AvgIpc) is 3.04. The highest BCUT2D eigenvalue weighted by molar-refractivity contribution is 5.87. The van der Waals surface area contributed by atoms with Crippen LogP contribution in [0.2, 0.25) is 0 Å². The van der Waals surface area contributed by atoms with E-state index < -0.39 is 5.97 Å². The van der Waals surface area contributed by atoms with E-state index in [9.17, 15) is 4.79 Å². The van der Waals surface area contributed by atoms with E-state index in [1.807, 2.05) is 16.8 Å². The quantitative estimate of drug-likeness (QED) is 0.920. The summed E-state index contributed by atoms with van der Waals surface area (Å²) in [5.41, 5.74) is 2.46. The van der Waals surface area contributed by atoms with Gasteiger partial charge in [0.2, 0.25) is 0 Å². The molecule has 2 aliphatic rings. The molecule has 0 saturated carbocycles. The van der Waals surface area contributed by atoms with E-state index in [4.69, 9.17) is 9.84 Å². The Kier molecular flexibility index (Phi) is 3.59. The fraction of sp³-hybridized carbons (Fsp3) is 0.438. The van der Waals surface area contributed by atoms with Crippen molar-refractivity contribution < 1.29 is 14.6 Å². The number of carboxylic acid groups (broad SMARTS) is 1. The van der Waals surface area contributed by atoms with Gasteiger partial charge in [0.25, 0.3) is 0 Å². The second-order valence-corrected chi connectivity index (χ2v) is 6.11. The summed E-state index contributed by atoms with van der Waals surface area (Å²) in [6.07, 6.45) is 2.94. The normalized spacial score (nSPS) is 24.0. The summed E-state index contributed by atoms with van der Waals surface area (Å²) in [7, 11) is 0. The molecule has 1 aromatic carbocycles. The lowest BCUT2D eigenvalue weighted by atomic mass is 9.99. The number of carboxylic acids is 1. The average molecular weight is 314 g/mol. The number of nitrogens with zero attached hydrogens (tertiary/aromatic N) is 4. The molecule has 0 spiro atoms. The van der Waals surface area contributed by atoms with Crippen LogP contribution in [0.4, 0.5) is 0 Å². The first kappa shape index (κ1) is 14.3. The summed E-state index contributed by atoms with van der Waals surface area (Å²) >= 11 is 0. The smallest absolute Gasteiger partial charge is 0.335 e. The fourth-order valence-corrected chi connectivity index (χ4v) is 3.40. The first-order valence-electron chi connectivity index (χ1n) is 7.76. The van der Waals surface area contributed by atoms with Crippen LogP contribution < -0.4 is 0 Å². The minimum atomic E-state index is -0.893. The molecule has 3 heterocycles. The Balaban J connectivity index is 1.46. The monoisotopic (exact) mass is 314 g/mol. The van der Waals surface area contributed by atoms with Crippen molar-refractivity contribution in [2.45, 2.75) is 31.7 Å². The zero-order chi connectivity index (χ0) is 15.8. The predicted octanol–water partition coefficient (Wildman–Crippen LogP) is 1.32. The molecule has 1 fully saturated rings. The Labute approximate surface area is 133 Å². The van der Waals surface area contributed by atoms with Crippen LogP contribution in [0.3, 0.4) is 0 Å². The summed E-state index contributed by atoms with van der Waals surface area (Å²) in [6, 6.07) is 7.28. The Hall–Kier alpha value is -2.25. The number of hydrogen-bond donors (Lipinski definition) is 1. The maximum absolute atomic E-state index is 10.9. The highest BCUT2D eigenvalue weighted by Gasteiger charge is 2.36. The molecule has 0 bridgehead atoms. The van der Waals surface area contributed by atoms with Crippen molar-refractivity contribution in [1.29, 1.82) is 0 Å². The zero-order valence-corrected chi connectivity index (χ0v) is 12.6. The molecule has 7 nitrogen and oxygen atoms in total. The fourth-order valence-electron chi connectivity index (χ4n) is 3.40. The predicted molar refractivity (Wildman–Crippen MR) is 80.9 cm³/mol. The molecule has 0 unspecified atom stereocenters. The van der Waals surface area contributed by atoms with E-state index in [1.54, 1.807) is 18.3 Å². The largest absolute Gasteiger partial charge is 0.478 e. The van der Waals surface area contributed by atoms with Crippen molar-refractivity contribution in [1.82, 2.24) is 19.9 Å². The van der Waals surface area contributed by atoms with Gasteiger partial charge >= 0.3 is 5.97 Å². The molecule has 4 rings (SSSR count). The van der Waals surface area contributed by atoms with E-state index in [2.05, 4.69) is 15.2 Å². The van der Waals surface area contributed by atoms with Gasteiger partial charge in [-0.25, -0.2) is 9.48 Å². The van der Waals surface area contributed by atoms with E-state index in [1.165, 1.54) is 0 Å². The van der Waals surface area contributed by atoms with Crippen LogP contribution in [0, 0.1) is 0 Å². The summed E-state index contributed by atoms with van der Waals surface area (Å²) < 4.78 is 7.91. The molecule has 120 valence electrons. The molecule has 0 aliphatic carbocycles. The van der Waals surface area contributed by atoms with Crippen LogP contribution in [-0.2, 0) is 17.9 Å². The number of benzene rings is 1. The maximum atomic E-state index is 10.9. The first-order chi connectivity index (χ1) is 11.2. The number of aromatic carboxylic acids is 1. The van der Waals surface area contributed by atoms with Gasteiger partial charge in [0.05, 0.1) is 36.2 Å².